The maximum atomic E-state index is 8.67. The average molecular weight is 263 g/mol. The van der Waals surface area contributed by atoms with Crippen LogP contribution in [0.5, 0.6) is 0 Å². The lowest BCUT2D eigenvalue weighted by Crippen LogP contribution is -2.49. The van der Waals surface area contributed by atoms with Crippen LogP contribution in [0.3, 0.4) is 0 Å². The molecule has 2 heterocycles. The molecule has 3 N–H and O–H groups in total. The maximum Gasteiger partial charge on any atom is 0.188 e. The third kappa shape index (κ3) is 3.42. The molecule has 1 fully saturated rings. The van der Waals surface area contributed by atoms with Crippen LogP contribution in [0, 0.1) is 0 Å². The Kier molecular flexibility index (Phi) is 4.34. The van der Waals surface area contributed by atoms with E-state index in [1.807, 2.05) is 12.1 Å². The quantitative estimate of drug-likeness (QED) is 0.355. The van der Waals surface area contributed by atoms with Crippen molar-refractivity contribution in [1.82, 2.24) is 14.8 Å². The Hall–Kier alpha value is -1.66. The summed E-state index contributed by atoms with van der Waals surface area (Å²) in [5.74, 6) is 0.0496. The van der Waals surface area contributed by atoms with E-state index in [9.17, 15) is 0 Å². The summed E-state index contributed by atoms with van der Waals surface area (Å²) in [6.45, 7) is 6.30. The van der Waals surface area contributed by atoms with Crippen LogP contribution in [0.4, 0.5) is 0 Å². The summed E-state index contributed by atoms with van der Waals surface area (Å²) in [7, 11) is 2.16. The number of nitrogens with zero attached hydrogens (tertiary/aromatic N) is 4. The third-order valence-electron chi connectivity index (χ3n) is 3.64. The van der Waals surface area contributed by atoms with Crippen molar-refractivity contribution in [1.29, 1.82) is 0 Å². The minimum absolute atomic E-state index is 0.0496. The Balaban J connectivity index is 2.03. The van der Waals surface area contributed by atoms with Gasteiger partial charge in [0.15, 0.2) is 5.84 Å². The number of nitrogens with two attached hydrogens (primary N) is 1. The van der Waals surface area contributed by atoms with Gasteiger partial charge in [0.05, 0.1) is 0 Å². The Labute approximate surface area is 113 Å². The van der Waals surface area contributed by atoms with E-state index in [0.717, 1.165) is 31.7 Å². The van der Waals surface area contributed by atoms with Gasteiger partial charge in [-0.05, 0) is 31.7 Å². The zero-order valence-corrected chi connectivity index (χ0v) is 11.5. The van der Waals surface area contributed by atoms with Crippen LogP contribution in [0.1, 0.15) is 18.2 Å². The van der Waals surface area contributed by atoms with Crippen molar-refractivity contribution in [3.05, 3.63) is 29.6 Å². The molecule has 6 heteroatoms. The largest absolute Gasteiger partial charge is 0.409 e. The number of oxime groups is 1. The van der Waals surface area contributed by atoms with Crippen LogP contribution in [0.15, 0.2) is 23.5 Å². The fourth-order valence-corrected chi connectivity index (χ4v) is 2.29. The summed E-state index contributed by atoms with van der Waals surface area (Å²) in [6, 6.07) is 4.41. The molecule has 19 heavy (non-hydrogen) atoms. The minimum atomic E-state index is 0.0496. The van der Waals surface area contributed by atoms with Gasteiger partial charge in [-0.15, -0.1) is 0 Å². The van der Waals surface area contributed by atoms with Gasteiger partial charge in [0.1, 0.15) is 5.69 Å². The molecule has 1 aromatic rings. The molecule has 6 nitrogen and oxygen atoms in total. The smallest absolute Gasteiger partial charge is 0.188 e. The van der Waals surface area contributed by atoms with Crippen LogP contribution >= 0.6 is 0 Å². The van der Waals surface area contributed by atoms with Crippen molar-refractivity contribution in [3.63, 3.8) is 0 Å². The lowest BCUT2D eigenvalue weighted by Gasteiger charge is -2.37. The predicted octanol–water partition coefficient (Wildman–Crippen LogP) is 0.312. The number of likely N-dealkylation sites (N-methyl/N-ethyl adjacent to an activating group) is 1. The van der Waals surface area contributed by atoms with Crippen molar-refractivity contribution >= 4 is 5.84 Å². The Morgan fingerprint density at radius 1 is 1.58 bits per heavy atom. The van der Waals surface area contributed by atoms with E-state index < -0.39 is 0 Å². The van der Waals surface area contributed by atoms with Crippen molar-refractivity contribution in [3.8, 4) is 0 Å². The molecule has 0 bridgehead atoms. The van der Waals surface area contributed by atoms with Gasteiger partial charge in [-0.25, -0.2) is 0 Å². The molecule has 2 rings (SSSR count). The number of rotatable bonds is 3. The lowest BCUT2D eigenvalue weighted by molar-refractivity contribution is 0.1000. The Morgan fingerprint density at radius 2 is 2.37 bits per heavy atom. The van der Waals surface area contributed by atoms with Crippen LogP contribution in [0.2, 0.25) is 0 Å². The fraction of sp³-hybridized carbons (Fsp3) is 0.538. The predicted molar refractivity (Wildman–Crippen MR) is 74.1 cm³/mol. The molecular formula is C13H21N5O. The van der Waals surface area contributed by atoms with Crippen LogP contribution in [0.25, 0.3) is 0 Å². The highest BCUT2D eigenvalue weighted by Gasteiger charge is 2.20. The SMILES string of the molecule is CC1CN(Cc2ccnc(C(N)=NO)c2)CCN1C. The number of piperazine rings is 1. The molecule has 0 aliphatic carbocycles. The van der Waals surface area contributed by atoms with Gasteiger partial charge in [0.2, 0.25) is 0 Å². The van der Waals surface area contributed by atoms with Gasteiger partial charge in [-0.3, -0.25) is 9.88 Å². The molecule has 1 saturated heterocycles. The van der Waals surface area contributed by atoms with Crippen LogP contribution in [-0.4, -0.2) is 58.6 Å². The van der Waals surface area contributed by atoms with Crippen molar-refractivity contribution < 1.29 is 5.21 Å². The summed E-state index contributed by atoms with van der Waals surface area (Å²) in [5, 5.41) is 11.7. The van der Waals surface area contributed by atoms with Crippen LogP contribution < -0.4 is 5.73 Å². The molecule has 0 radical (unpaired) electrons. The summed E-state index contributed by atoms with van der Waals surface area (Å²) >= 11 is 0. The molecule has 1 aromatic heterocycles. The van der Waals surface area contributed by atoms with Gasteiger partial charge >= 0.3 is 0 Å². The standard InChI is InChI=1S/C13H21N5O/c1-10-8-18(6-5-17(10)2)9-11-3-4-15-12(7-11)13(14)16-19/h3-4,7,10,19H,5-6,8-9H2,1-2H3,(H2,14,16). The number of pyridine rings is 1. The minimum Gasteiger partial charge on any atom is -0.409 e. The first-order valence-electron chi connectivity index (χ1n) is 6.45. The van der Waals surface area contributed by atoms with Gasteiger partial charge < -0.3 is 15.8 Å². The molecule has 0 aromatic carbocycles. The molecule has 1 atom stereocenters. The molecular weight excluding hydrogens is 242 g/mol. The van der Waals surface area contributed by atoms with E-state index in [1.54, 1.807) is 6.20 Å². The molecule has 0 spiro atoms. The van der Waals surface area contributed by atoms with E-state index >= 15 is 0 Å². The second kappa shape index (κ2) is 5.99. The van der Waals surface area contributed by atoms with Crippen molar-refractivity contribution in [2.24, 2.45) is 10.9 Å². The lowest BCUT2D eigenvalue weighted by atomic mass is 10.1. The first-order valence-corrected chi connectivity index (χ1v) is 6.45. The summed E-state index contributed by atoms with van der Waals surface area (Å²) in [4.78, 5) is 8.87. The van der Waals surface area contributed by atoms with E-state index in [4.69, 9.17) is 10.9 Å². The maximum absolute atomic E-state index is 8.67. The summed E-state index contributed by atoms with van der Waals surface area (Å²) < 4.78 is 0. The van der Waals surface area contributed by atoms with Gasteiger partial charge in [0, 0.05) is 38.4 Å². The van der Waals surface area contributed by atoms with Crippen molar-refractivity contribution in [2.75, 3.05) is 26.7 Å². The van der Waals surface area contributed by atoms with Gasteiger partial charge in [-0.2, -0.15) is 0 Å². The van der Waals surface area contributed by atoms with Gasteiger partial charge in [0.25, 0.3) is 0 Å². The second-order valence-electron chi connectivity index (χ2n) is 5.10. The molecule has 1 aliphatic heterocycles. The normalized spacial score (nSPS) is 22.6. The highest BCUT2D eigenvalue weighted by Crippen LogP contribution is 2.12. The highest BCUT2D eigenvalue weighted by atomic mass is 16.4. The second-order valence-corrected chi connectivity index (χ2v) is 5.10. The van der Waals surface area contributed by atoms with E-state index in [1.165, 1.54) is 0 Å². The molecule has 0 saturated carbocycles. The Bertz CT molecular complexity index is 462. The topological polar surface area (TPSA) is 78.0 Å². The van der Waals surface area contributed by atoms with Gasteiger partial charge in [-0.1, -0.05) is 5.16 Å². The van der Waals surface area contributed by atoms with Crippen molar-refractivity contribution in [2.45, 2.75) is 19.5 Å². The Morgan fingerprint density at radius 3 is 3.05 bits per heavy atom. The number of hydrogen-bond donors (Lipinski definition) is 2. The highest BCUT2D eigenvalue weighted by molar-refractivity contribution is 5.95. The number of aromatic nitrogens is 1. The van der Waals surface area contributed by atoms with E-state index in [-0.39, 0.29) is 5.84 Å². The van der Waals surface area contributed by atoms with E-state index in [2.05, 4.69) is 33.9 Å². The third-order valence-corrected chi connectivity index (χ3v) is 3.64. The number of amidine groups is 1. The molecule has 1 unspecified atom stereocenters. The monoisotopic (exact) mass is 263 g/mol. The summed E-state index contributed by atoms with van der Waals surface area (Å²) in [6.07, 6.45) is 1.70. The van der Waals surface area contributed by atoms with E-state index in [0.29, 0.717) is 11.7 Å². The molecule has 0 amide bonds. The zero-order valence-electron chi connectivity index (χ0n) is 11.5. The fourth-order valence-electron chi connectivity index (χ4n) is 2.29. The van der Waals surface area contributed by atoms with Crippen LogP contribution in [-0.2, 0) is 6.54 Å². The number of hydrogen-bond acceptors (Lipinski definition) is 5. The molecule has 1 aliphatic rings. The summed E-state index contributed by atoms with van der Waals surface area (Å²) in [5.41, 5.74) is 7.20. The zero-order chi connectivity index (χ0) is 13.8. The average Bonchev–Trinajstić information content (AvgIpc) is 2.42. The first kappa shape index (κ1) is 13.8. The molecule has 104 valence electrons. The first-order chi connectivity index (χ1) is 9.10.